The Hall–Kier alpha value is -1.46. The van der Waals surface area contributed by atoms with Gasteiger partial charge in [-0.2, -0.15) is 0 Å². The van der Waals surface area contributed by atoms with Gasteiger partial charge in [0.25, 0.3) is 0 Å². The molecule has 0 aliphatic heterocycles. The predicted molar refractivity (Wildman–Crippen MR) is 136 cm³/mol. The molecule has 0 amide bonds. The average Bonchev–Trinajstić information content (AvgIpc) is 3.07. The van der Waals surface area contributed by atoms with Crippen LogP contribution in [0.3, 0.4) is 0 Å². The van der Waals surface area contributed by atoms with Gasteiger partial charge in [-0.3, -0.25) is 9.59 Å². The molecular formula is C27H46O4Si. The Labute approximate surface area is 197 Å². The monoisotopic (exact) mass is 462 g/mol. The van der Waals surface area contributed by atoms with Crippen LogP contribution in [0.25, 0.3) is 0 Å². The molecule has 1 rings (SSSR count). The first kappa shape index (κ1) is 28.6. The highest BCUT2D eigenvalue weighted by Gasteiger charge is 2.38. The summed E-state index contributed by atoms with van der Waals surface area (Å²) < 4.78 is 11.4. The molecule has 0 heterocycles. The van der Waals surface area contributed by atoms with Gasteiger partial charge in [0.05, 0.1) is 13.2 Å². The van der Waals surface area contributed by atoms with Gasteiger partial charge in [-0.05, 0) is 55.8 Å². The second kappa shape index (κ2) is 13.9. The van der Waals surface area contributed by atoms with Crippen molar-refractivity contribution in [3.8, 4) is 0 Å². The van der Waals surface area contributed by atoms with Crippen molar-refractivity contribution in [2.75, 3.05) is 7.11 Å². The Morgan fingerprint density at radius 1 is 1.12 bits per heavy atom. The fraction of sp³-hybridized carbons (Fsp3) is 0.704. The summed E-state index contributed by atoms with van der Waals surface area (Å²) >= 11 is 0. The minimum absolute atomic E-state index is 0.112. The molecule has 0 spiro atoms. The van der Waals surface area contributed by atoms with Crippen LogP contribution >= 0.6 is 0 Å². The zero-order chi connectivity index (χ0) is 24.2. The van der Waals surface area contributed by atoms with E-state index in [2.05, 4.69) is 69.8 Å². The van der Waals surface area contributed by atoms with Crippen LogP contribution in [0.15, 0.2) is 35.5 Å². The third-order valence-electron chi connectivity index (χ3n) is 6.67. The van der Waals surface area contributed by atoms with E-state index >= 15 is 0 Å². The second-order valence-corrected chi connectivity index (χ2v) is 15.1. The van der Waals surface area contributed by atoms with Crippen LogP contribution in [0, 0.1) is 0 Å². The van der Waals surface area contributed by atoms with E-state index in [1.165, 1.54) is 26.4 Å². The zero-order valence-electron chi connectivity index (χ0n) is 21.6. The maximum absolute atomic E-state index is 12.4. The summed E-state index contributed by atoms with van der Waals surface area (Å²) in [6.45, 7) is 13.7. The van der Waals surface area contributed by atoms with Gasteiger partial charge in [-0.1, -0.05) is 71.3 Å². The molecule has 0 saturated carbocycles. The van der Waals surface area contributed by atoms with E-state index in [0.717, 1.165) is 36.8 Å². The van der Waals surface area contributed by atoms with Crippen molar-refractivity contribution in [2.24, 2.45) is 0 Å². The molecule has 0 unspecified atom stereocenters. The van der Waals surface area contributed by atoms with Crippen LogP contribution in [0.4, 0.5) is 0 Å². The summed E-state index contributed by atoms with van der Waals surface area (Å²) in [5.41, 5.74) is 2.10. The standard InChI is InChI=1S/C27H46O4Si/c1-8-9-12-15-23(31-32(6,7)27(2,3)4)20-18-22-19-21-25(28)24(22)16-13-10-11-14-17-26(29)30-5/h10,13,18,20,23H,8-9,11-12,14-17,19,21H2,1-7H3/b13-10-,20-18+/t23-/m0/s1. The highest BCUT2D eigenvalue weighted by molar-refractivity contribution is 6.74. The number of ketones is 1. The largest absolute Gasteiger partial charge is 0.469 e. The Morgan fingerprint density at radius 3 is 2.47 bits per heavy atom. The molecule has 0 aromatic rings. The van der Waals surface area contributed by atoms with Gasteiger partial charge in [0.15, 0.2) is 14.1 Å². The lowest BCUT2D eigenvalue weighted by Gasteiger charge is -2.38. The van der Waals surface area contributed by atoms with E-state index in [4.69, 9.17) is 4.43 Å². The number of unbranched alkanes of at least 4 members (excludes halogenated alkanes) is 3. The smallest absolute Gasteiger partial charge is 0.305 e. The quantitative estimate of drug-likeness (QED) is 0.116. The van der Waals surface area contributed by atoms with Crippen molar-refractivity contribution in [3.63, 3.8) is 0 Å². The Balaban J connectivity index is 2.82. The molecule has 4 nitrogen and oxygen atoms in total. The molecule has 1 aliphatic carbocycles. The lowest BCUT2D eigenvalue weighted by molar-refractivity contribution is -0.140. The first-order valence-electron chi connectivity index (χ1n) is 12.3. The fourth-order valence-electron chi connectivity index (χ4n) is 3.51. The average molecular weight is 463 g/mol. The zero-order valence-corrected chi connectivity index (χ0v) is 22.6. The SMILES string of the molecule is CCCCC[C@@H](/C=C/C1=C(C/C=C\CCCC(=O)OC)C(=O)CC1)O[Si](C)(C)C(C)(C)C. The highest BCUT2D eigenvalue weighted by atomic mass is 28.4. The third-order valence-corrected chi connectivity index (χ3v) is 11.2. The van der Waals surface area contributed by atoms with Crippen molar-refractivity contribution in [3.05, 3.63) is 35.5 Å². The van der Waals surface area contributed by atoms with Gasteiger partial charge in [-0.25, -0.2) is 0 Å². The van der Waals surface area contributed by atoms with E-state index in [-0.39, 0.29) is 22.9 Å². The molecule has 182 valence electrons. The minimum atomic E-state index is -1.86. The lowest BCUT2D eigenvalue weighted by atomic mass is 10.0. The number of esters is 1. The molecular weight excluding hydrogens is 416 g/mol. The molecule has 0 bridgehead atoms. The number of hydrogen-bond acceptors (Lipinski definition) is 4. The Bertz CT molecular complexity index is 695. The molecule has 32 heavy (non-hydrogen) atoms. The summed E-state index contributed by atoms with van der Waals surface area (Å²) in [5.74, 6) is 0.0876. The Kier molecular flexibility index (Phi) is 12.4. The molecule has 0 aromatic heterocycles. The number of methoxy groups -OCH3 is 1. The van der Waals surface area contributed by atoms with Crippen molar-refractivity contribution < 1.29 is 18.8 Å². The van der Waals surface area contributed by atoms with Crippen molar-refractivity contribution >= 4 is 20.1 Å². The summed E-state index contributed by atoms with van der Waals surface area (Å²) in [4.78, 5) is 23.6. The van der Waals surface area contributed by atoms with Gasteiger partial charge < -0.3 is 9.16 Å². The number of rotatable bonds is 14. The van der Waals surface area contributed by atoms with Crippen LogP contribution in [-0.4, -0.2) is 33.3 Å². The van der Waals surface area contributed by atoms with E-state index in [1.54, 1.807) is 0 Å². The number of Topliss-reactive ketones (excluding diaryl/α,β-unsaturated/α-hetero) is 1. The van der Waals surface area contributed by atoms with E-state index in [0.29, 0.717) is 19.3 Å². The van der Waals surface area contributed by atoms with Gasteiger partial charge in [0.1, 0.15) is 0 Å². The normalized spacial score (nSPS) is 16.5. The first-order chi connectivity index (χ1) is 15.0. The van der Waals surface area contributed by atoms with E-state index < -0.39 is 8.32 Å². The van der Waals surface area contributed by atoms with Crippen LogP contribution in [-0.2, 0) is 18.8 Å². The Morgan fingerprint density at radius 2 is 1.84 bits per heavy atom. The first-order valence-corrected chi connectivity index (χ1v) is 15.3. The molecule has 0 fully saturated rings. The molecule has 0 N–H and O–H groups in total. The molecule has 1 atom stereocenters. The predicted octanol–water partition coefficient (Wildman–Crippen LogP) is 7.46. The van der Waals surface area contributed by atoms with Crippen LogP contribution < -0.4 is 0 Å². The molecule has 0 saturated heterocycles. The lowest BCUT2D eigenvalue weighted by Crippen LogP contribution is -2.43. The maximum atomic E-state index is 12.4. The van der Waals surface area contributed by atoms with Gasteiger partial charge in [0.2, 0.25) is 0 Å². The van der Waals surface area contributed by atoms with Crippen molar-refractivity contribution in [2.45, 2.75) is 116 Å². The number of carbonyl (C=O) groups excluding carboxylic acids is 2. The van der Waals surface area contributed by atoms with Gasteiger partial charge in [-0.15, -0.1) is 0 Å². The van der Waals surface area contributed by atoms with Crippen LogP contribution in [0.5, 0.6) is 0 Å². The summed E-state index contributed by atoms with van der Waals surface area (Å²) in [6.07, 6.45) is 17.4. The molecule has 1 aliphatic rings. The fourth-order valence-corrected chi connectivity index (χ4v) is 4.82. The van der Waals surface area contributed by atoms with Crippen LogP contribution in [0.1, 0.15) is 91.9 Å². The van der Waals surface area contributed by atoms with Gasteiger partial charge >= 0.3 is 5.97 Å². The number of hydrogen-bond donors (Lipinski definition) is 0. The minimum Gasteiger partial charge on any atom is -0.469 e. The van der Waals surface area contributed by atoms with E-state index in [1.807, 2.05) is 0 Å². The molecule has 0 aromatic carbocycles. The van der Waals surface area contributed by atoms with Gasteiger partial charge in [0, 0.05) is 18.4 Å². The number of ether oxygens (including phenoxy) is 1. The van der Waals surface area contributed by atoms with E-state index in [9.17, 15) is 9.59 Å². The number of allylic oxidation sites excluding steroid dienone is 5. The third kappa shape index (κ3) is 9.99. The summed E-state index contributed by atoms with van der Waals surface area (Å²) in [5, 5.41) is 0.177. The van der Waals surface area contributed by atoms with Crippen LogP contribution in [0.2, 0.25) is 18.1 Å². The molecule has 0 radical (unpaired) electrons. The molecule has 5 heteroatoms. The summed E-state index contributed by atoms with van der Waals surface area (Å²) in [6, 6.07) is 0. The second-order valence-electron chi connectivity index (χ2n) is 10.3. The van der Waals surface area contributed by atoms with Crippen molar-refractivity contribution in [1.82, 2.24) is 0 Å². The van der Waals surface area contributed by atoms with Crippen molar-refractivity contribution in [1.29, 1.82) is 0 Å². The number of carbonyl (C=O) groups is 2. The topological polar surface area (TPSA) is 52.6 Å². The highest BCUT2D eigenvalue weighted by Crippen LogP contribution is 2.38. The summed E-state index contributed by atoms with van der Waals surface area (Å²) in [7, 11) is -0.445. The maximum Gasteiger partial charge on any atom is 0.305 e.